The van der Waals surface area contributed by atoms with Crippen molar-refractivity contribution in [3.8, 4) is 0 Å². The lowest BCUT2D eigenvalue weighted by molar-refractivity contribution is -0.141. The summed E-state index contributed by atoms with van der Waals surface area (Å²) in [6, 6.07) is 3.75. The van der Waals surface area contributed by atoms with Gasteiger partial charge in [0.25, 0.3) is 5.91 Å². The molecule has 0 unspecified atom stereocenters. The van der Waals surface area contributed by atoms with Crippen LogP contribution in [0.3, 0.4) is 0 Å². The summed E-state index contributed by atoms with van der Waals surface area (Å²) in [5, 5.41) is 6.95. The van der Waals surface area contributed by atoms with Gasteiger partial charge in [-0.25, -0.2) is 0 Å². The molecule has 0 radical (unpaired) electrons. The van der Waals surface area contributed by atoms with Crippen molar-refractivity contribution in [2.24, 2.45) is 11.1 Å². The maximum Gasteiger partial charge on any atom is 0.269 e. The largest absolute Gasteiger partial charge is 0.386 e. The van der Waals surface area contributed by atoms with Gasteiger partial charge >= 0.3 is 0 Å². The van der Waals surface area contributed by atoms with Crippen LogP contribution in [0.1, 0.15) is 56.9 Å². The molecule has 2 amide bonds. The fourth-order valence-electron chi connectivity index (χ4n) is 4.55. The average molecular weight is 384 g/mol. The summed E-state index contributed by atoms with van der Waals surface area (Å²) in [7, 11) is 0. The first kappa shape index (κ1) is 18.9. The number of hydrogen-bond donors (Lipinski definition) is 1. The summed E-state index contributed by atoms with van der Waals surface area (Å²) in [4.78, 5) is 36.9. The summed E-state index contributed by atoms with van der Waals surface area (Å²) in [5.41, 5.74) is 0.810. The van der Waals surface area contributed by atoms with Crippen LogP contribution < -0.4 is 5.32 Å². The number of likely N-dealkylation sites (tertiary alicyclic amines) is 1. The number of hydrogen-bond acceptors (Lipinski definition) is 5. The molecule has 1 saturated carbocycles. The molecule has 1 aromatic heterocycles. The first-order valence-corrected chi connectivity index (χ1v) is 10.3. The van der Waals surface area contributed by atoms with Crippen LogP contribution in [-0.2, 0) is 21.0 Å². The molecule has 1 aromatic rings. The minimum absolute atomic E-state index is 0.213. The van der Waals surface area contributed by atoms with E-state index >= 15 is 0 Å². The molecule has 7 nitrogen and oxygen atoms in total. The summed E-state index contributed by atoms with van der Waals surface area (Å²) in [5.74, 6) is 0.555. The van der Waals surface area contributed by atoms with E-state index in [1.807, 2.05) is 17.0 Å². The lowest BCUT2D eigenvalue weighted by Gasteiger charge is -2.38. The fraction of sp³-hybridized carbons (Fsp3) is 0.619. The lowest BCUT2D eigenvalue weighted by atomic mass is 9.87. The van der Waals surface area contributed by atoms with Crippen molar-refractivity contribution in [2.75, 3.05) is 13.1 Å². The van der Waals surface area contributed by atoms with E-state index in [2.05, 4.69) is 15.5 Å². The third kappa shape index (κ3) is 4.34. The minimum atomic E-state index is -0.537. The number of carbonyl (C=O) groups is 2. The Hall–Kier alpha value is -2.44. The van der Waals surface area contributed by atoms with Crippen LogP contribution in [0.25, 0.3) is 0 Å². The van der Waals surface area contributed by atoms with E-state index in [1.54, 1.807) is 12.4 Å². The zero-order valence-electron chi connectivity index (χ0n) is 16.2. The highest BCUT2D eigenvalue weighted by atomic mass is 16.7. The quantitative estimate of drug-likeness (QED) is 0.845. The van der Waals surface area contributed by atoms with Crippen molar-refractivity contribution in [3.05, 3.63) is 30.1 Å². The van der Waals surface area contributed by atoms with Gasteiger partial charge in [0.2, 0.25) is 5.91 Å². The molecular weight excluding hydrogens is 356 g/mol. The first-order chi connectivity index (χ1) is 13.6. The number of nitrogens with zero attached hydrogens (tertiary/aromatic N) is 3. The lowest BCUT2D eigenvalue weighted by Crippen LogP contribution is -2.51. The number of pyridine rings is 1. The van der Waals surface area contributed by atoms with Crippen LogP contribution in [0.5, 0.6) is 0 Å². The van der Waals surface area contributed by atoms with Crippen LogP contribution in [-0.4, -0.2) is 46.1 Å². The molecule has 1 saturated heterocycles. The highest BCUT2D eigenvalue weighted by molar-refractivity contribution is 6.39. The van der Waals surface area contributed by atoms with E-state index in [4.69, 9.17) is 4.84 Å². The third-order valence-corrected chi connectivity index (χ3v) is 6.11. The predicted octanol–water partition coefficient (Wildman–Crippen LogP) is 2.42. The number of aromatic nitrogens is 1. The molecule has 3 aliphatic rings. The van der Waals surface area contributed by atoms with Crippen molar-refractivity contribution in [2.45, 2.75) is 63.5 Å². The second-order valence-electron chi connectivity index (χ2n) is 8.31. The number of carbonyl (C=O) groups excluding carboxylic acids is 2. The molecule has 2 aliphatic heterocycles. The molecule has 7 heteroatoms. The molecule has 3 heterocycles. The molecule has 1 aliphatic carbocycles. The Labute approximate surface area is 165 Å². The first-order valence-electron chi connectivity index (χ1n) is 10.3. The zero-order valence-corrected chi connectivity index (χ0v) is 16.2. The molecule has 0 bridgehead atoms. The Morgan fingerprint density at radius 3 is 2.93 bits per heavy atom. The standard InChI is InChI=1S/C21H28N4O3/c26-19(11-16-5-1-2-6-16)25-10-4-8-21(15-25)12-18(24-28-21)20(27)23-14-17-7-3-9-22-13-17/h3,7,9,13,16H,1-2,4-6,8,10-12,14-15H2,(H,23,27)/t21-/m1/s1. The Bertz CT molecular complexity index is 745. The SMILES string of the molecule is O=C(NCc1cccnc1)C1=NO[C@]2(CCCN(C(=O)CC3CCCC3)C2)C1. The smallest absolute Gasteiger partial charge is 0.269 e. The summed E-state index contributed by atoms with van der Waals surface area (Å²) in [6.07, 6.45) is 11.1. The van der Waals surface area contributed by atoms with Crippen LogP contribution in [0.4, 0.5) is 0 Å². The summed E-state index contributed by atoms with van der Waals surface area (Å²) in [6.45, 7) is 1.71. The summed E-state index contributed by atoms with van der Waals surface area (Å²) >= 11 is 0. The molecule has 0 aromatic carbocycles. The molecule has 1 spiro atoms. The summed E-state index contributed by atoms with van der Waals surface area (Å²) < 4.78 is 0. The third-order valence-electron chi connectivity index (χ3n) is 6.11. The van der Waals surface area contributed by atoms with Crippen LogP contribution in [0.2, 0.25) is 0 Å². The van der Waals surface area contributed by atoms with Crippen molar-refractivity contribution in [3.63, 3.8) is 0 Å². The molecule has 1 atom stereocenters. The second-order valence-corrected chi connectivity index (χ2v) is 8.31. The average Bonchev–Trinajstić information content (AvgIpc) is 3.37. The van der Waals surface area contributed by atoms with Gasteiger partial charge in [-0.05, 0) is 43.2 Å². The van der Waals surface area contributed by atoms with Crippen LogP contribution in [0.15, 0.2) is 29.7 Å². The monoisotopic (exact) mass is 384 g/mol. The van der Waals surface area contributed by atoms with E-state index in [-0.39, 0.29) is 11.8 Å². The van der Waals surface area contributed by atoms with Gasteiger partial charge in [0.05, 0.1) is 6.54 Å². The maximum absolute atomic E-state index is 12.7. The van der Waals surface area contributed by atoms with Gasteiger partial charge in [-0.1, -0.05) is 24.1 Å². The van der Waals surface area contributed by atoms with E-state index in [0.717, 1.165) is 24.9 Å². The highest BCUT2D eigenvalue weighted by Gasteiger charge is 2.45. The molecule has 28 heavy (non-hydrogen) atoms. The zero-order chi connectivity index (χ0) is 19.4. The number of oxime groups is 1. The van der Waals surface area contributed by atoms with E-state index in [0.29, 0.717) is 37.6 Å². The van der Waals surface area contributed by atoms with E-state index in [9.17, 15) is 9.59 Å². The van der Waals surface area contributed by atoms with E-state index in [1.165, 1.54) is 25.7 Å². The topological polar surface area (TPSA) is 83.9 Å². The fourth-order valence-corrected chi connectivity index (χ4v) is 4.55. The molecule has 4 rings (SSSR count). The van der Waals surface area contributed by atoms with Gasteiger partial charge in [0, 0.05) is 38.3 Å². The van der Waals surface area contributed by atoms with Gasteiger partial charge in [0.1, 0.15) is 5.71 Å². The highest BCUT2D eigenvalue weighted by Crippen LogP contribution is 2.35. The van der Waals surface area contributed by atoms with E-state index < -0.39 is 5.60 Å². The minimum Gasteiger partial charge on any atom is -0.386 e. The van der Waals surface area contributed by atoms with Gasteiger partial charge in [-0.15, -0.1) is 0 Å². The van der Waals surface area contributed by atoms with Crippen molar-refractivity contribution in [1.82, 2.24) is 15.2 Å². The van der Waals surface area contributed by atoms with Crippen molar-refractivity contribution in [1.29, 1.82) is 0 Å². The predicted molar refractivity (Wildman–Crippen MR) is 104 cm³/mol. The Morgan fingerprint density at radius 1 is 1.29 bits per heavy atom. The van der Waals surface area contributed by atoms with Crippen molar-refractivity contribution < 1.29 is 14.4 Å². The normalized spacial score (nSPS) is 24.9. The Morgan fingerprint density at radius 2 is 2.14 bits per heavy atom. The number of nitrogens with one attached hydrogen (secondary N) is 1. The molecular formula is C21H28N4O3. The van der Waals surface area contributed by atoms with Crippen LogP contribution >= 0.6 is 0 Å². The van der Waals surface area contributed by atoms with Crippen LogP contribution in [0, 0.1) is 5.92 Å². The number of rotatable bonds is 5. The maximum atomic E-state index is 12.7. The second kappa shape index (κ2) is 8.29. The van der Waals surface area contributed by atoms with Gasteiger partial charge in [-0.2, -0.15) is 0 Å². The Balaban J connectivity index is 1.29. The van der Waals surface area contributed by atoms with Gasteiger partial charge in [-0.3, -0.25) is 14.6 Å². The van der Waals surface area contributed by atoms with Gasteiger partial charge in [0.15, 0.2) is 5.60 Å². The number of amides is 2. The Kier molecular flexibility index (Phi) is 5.59. The molecule has 150 valence electrons. The van der Waals surface area contributed by atoms with Crippen molar-refractivity contribution >= 4 is 17.5 Å². The van der Waals surface area contributed by atoms with Gasteiger partial charge < -0.3 is 15.1 Å². The number of piperidine rings is 1. The molecule has 2 fully saturated rings. The molecule has 1 N–H and O–H groups in total.